The van der Waals surface area contributed by atoms with Crippen molar-refractivity contribution in [3.05, 3.63) is 102 Å². The minimum Gasteiger partial charge on any atom is -0.507 e. The van der Waals surface area contributed by atoms with E-state index in [0.29, 0.717) is 12.1 Å². The third-order valence-electron chi connectivity index (χ3n) is 8.67. The van der Waals surface area contributed by atoms with Gasteiger partial charge in [0.1, 0.15) is 28.9 Å². The fourth-order valence-electron chi connectivity index (χ4n) is 6.38. The van der Waals surface area contributed by atoms with E-state index >= 15 is 0 Å². The molecule has 1 fully saturated rings. The molecule has 4 aromatic rings. The molecule has 1 saturated heterocycles. The van der Waals surface area contributed by atoms with E-state index in [1.165, 1.54) is 27.2 Å². The molecule has 8 heteroatoms. The van der Waals surface area contributed by atoms with Gasteiger partial charge in [0.2, 0.25) is 0 Å². The van der Waals surface area contributed by atoms with Gasteiger partial charge in [-0.3, -0.25) is 9.69 Å². The normalized spacial score (nSPS) is 18.5. The molecule has 0 aromatic heterocycles. The SMILES string of the molecule is O=C1CC(c2ccccc2)Oc2cc(O)c(CN3CCN(CCCN4c5ccccc5Sc5ccccc54)CC3)c(O)c21. The molecule has 0 aliphatic carbocycles. The lowest BCUT2D eigenvalue weighted by atomic mass is 9.93. The van der Waals surface area contributed by atoms with Gasteiger partial charge in [-0.1, -0.05) is 66.4 Å². The molecule has 0 amide bonds. The Bertz CT molecular complexity index is 1590. The second kappa shape index (κ2) is 12.0. The second-order valence-electron chi connectivity index (χ2n) is 11.4. The quantitative estimate of drug-likeness (QED) is 0.248. The predicted molar refractivity (Wildman–Crippen MR) is 169 cm³/mol. The summed E-state index contributed by atoms with van der Waals surface area (Å²) in [6.45, 7) is 5.81. The van der Waals surface area contributed by atoms with Crippen molar-refractivity contribution in [1.29, 1.82) is 0 Å². The Morgan fingerprint density at radius 3 is 2.12 bits per heavy atom. The van der Waals surface area contributed by atoms with Crippen molar-refractivity contribution in [2.75, 3.05) is 44.2 Å². The molecular formula is C35H35N3O4S. The van der Waals surface area contributed by atoms with Crippen LogP contribution >= 0.6 is 11.8 Å². The molecule has 220 valence electrons. The summed E-state index contributed by atoms with van der Waals surface area (Å²) < 4.78 is 6.06. The Balaban J connectivity index is 0.958. The second-order valence-corrected chi connectivity index (χ2v) is 12.5. The molecule has 0 radical (unpaired) electrons. The summed E-state index contributed by atoms with van der Waals surface area (Å²) in [4.78, 5) is 22.9. The summed E-state index contributed by atoms with van der Waals surface area (Å²) in [6.07, 6.45) is 0.768. The molecule has 2 N–H and O–H groups in total. The number of Topliss-reactive ketones (excluding diaryl/α,β-unsaturated/α-hetero) is 1. The molecule has 1 unspecified atom stereocenters. The number of fused-ring (bicyclic) bond motifs is 3. The maximum atomic E-state index is 13.1. The zero-order valence-corrected chi connectivity index (χ0v) is 24.8. The van der Waals surface area contributed by atoms with Crippen LogP contribution < -0.4 is 9.64 Å². The molecule has 3 heterocycles. The average Bonchev–Trinajstić information content (AvgIpc) is 3.03. The molecule has 0 saturated carbocycles. The van der Waals surface area contributed by atoms with Crippen LogP contribution in [-0.2, 0) is 6.54 Å². The number of rotatable bonds is 7. The minimum absolute atomic E-state index is 0.0413. The van der Waals surface area contributed by atoms with E-state index in [4.69, 9.17) is 4.74 Å². The zero-order valence-electron chi connectivity index (χ0n) is 24.0. The predicted octanol–water partition coefficient (Wildman–Crippen LogP) is 6.61. The summed E-state index contributed by atoms with van der Waals surface area (Å²) in [5.74, 6) is -0.128. The summed E-state index contributed by atoms with van der Waals surface area (Å²) in [5.41, 5.74) is 4.02. The number of phenolic OH excluding ortho intramolecular Hbond substituents is 2. The number of nitrogens with zero attached hydrogens (tertiary/aromatic N) is 3. The van der Waals surface area contributed by atoms with Gasteiger partial charge in [-0.25, -0.2) is 0 Å². The highest BCUT2D eigenvalue weighted by molar-refractivity contribution is 7.99. The van der Waals surface area contributed by atoms with Crippen LogP contribution in [0.25, 0.3) is 0 Å². The number of para-hydroxylation sites is 2. The third-order valence-corrected chi connectivity index (χ3v) is 9.80. The number of anilines is 2. The number of hydrogen-bond donors (Lipinski definition) is 2. The van der Waals surface area contributed by atoms with Crippen molar-refractivity contribution in [2.24, 2.45) is 0 Å². The Morgan fingerprint density at radius 2 is 1.42 bits per heavy atom. The fraction of sp³-hybridized carbons (Fsp3) is 0.286. The monoisotopic (exact) mass is 593 g/mol. The molecule has 4 aromatic carbocycles. The molecule has 7 rings (SSSR count). The van der Waals surface area contributed by atoms with Crippen LogP contribution in [-0.4, -0.2) is 65.1 Å². The molecular weight excluding hydrogens is 558 g/mol. The largest absolute Gasteiger partial charge is 0.507 e. The number of benzene rings is 4. The summed E-state index contributed by atoms with van der Waals surface area (Å²) in [7, 11) is 0. The molecule has 0 bridgehead atoms. The first-order valence-corrected chi connectivity index (χ1v) is 15.8. The van der Waals surface area contributed by atoms with Gasteiger partial charge >= 0.3 is 0 Å². The van der Waals surface area contributed by atoms with Gasteiger partial charge in [0.15, 0.2) is 5.78 Å². The number of ether oxygens (including phenoxy) is 1. The number of ketones is 1. The van der Waals surface area contributed by atoms with Crippen molar-refractivity contribution in [2.45, 2.75) is 35.3 Å². The fourth-order valence-corrected chi connectivity index (χ4v) is 7.47. The number of aromatic hydroxyl groups is 2. The van der Waals surface area contributed by atoms with Crippen LogP contribution in [0.3, 0.4) is 0 Å². The lowest BCUT2D eigenvalue weighted by Crippen LogP contribution is -2.46. The van der Waals surface area contributed by atoms with Crippen LogP contribution in [0.15, 0.2) is 94.7 Å². The average molecular weight is 594 g/mol. The maximum absolute atomic E-state index is 13.1. The molecule has 7 nitrogen and oxygen atoms in total. The van der Waals surface area contributed by atoms with Crippen molar-refractivity contribution >= 4 is 28.9 Å². The Hall–Kier alpha value is -3.98. The first-order chi connectivity index (χ1) is 21.0. The number of hydrogen-bond acceptors (Lipinski definition) is 8. The standard InChI is InChI=1S/C35H35N3O4S/c39-28-21-31-34(29(40)22-30(42-31)24-9-2-1-3-10-24)35(41)25(28)23-37-19-17-36(18-20-37)15-8-16-38-26-11-4-6-13-32(26)43-33-14-7-5-12-27(33)38/h1-7,9-14,21,30,39,41H,8,15-20,22-23H2. The Kier molecular flexibility index (Phi) is 7.74. The van der Waals surface area contributed by atoms with Gasteiger partial charge in [0.25, 0.3) is 0 Å². The molecule has 3 aliphatic rings. The van der Waals surface area contributed by atoms with Gasteiger partial charge in [0.05, 0.1) is 23.4 Å². The van der Waals surface area contributed by atoms with Crippen molar-refractivity contribution in [3.8, 4) is 17.2 Å². The van der Waals surface area contributed by atoms with Crippen LogP contribution in [0, 0.1) is 0 Å². The summed E-state index contributed by atoms with van der Waals surface area (Å²) in [5, 5.41) is 22.0. The van der Waals surface area contributed by atoms with Crippen molar-refractivity contribution in [3.63, 3.8) is 0 Å². The highest BCUT2D eigenvalue weighted by Gasteiger charge is 2.33. The Morgan fingerprint density at radius 1 is 0.791 bits per heavy atom. The van der Waals surface area contributed by atoms with E-state index in [9.17, 15) is 15.0 Å². The van der Waals surface area contributed by atoms with Crippen molar-refractivity contribution in [1.82, 2.24) is 9.80 Å². The first kappa shape index (κ1) is 27.8. The number of carbonyl (C=O) groups excluding carboxylic acids is 1. The number of phenols is 2. The van der Waals surface area contributed by atoms with Gasteiger partial charge < -0.3 is 24.7 Å². The van der Waals surface area contributed by atoms with Gasteiger partial charge in [-0.2, -0.15) is 0 Å². The summed E-state index contributed by atoms with van der Waals surface area (Å²) in [6, 6.07) is 28.3. The number of piperazine rings is 1. The zero-order chi connectivity index (χ0) is 29.3. The van der Waals surface area contributed by atoms with E-state index < -0.39 is 6.10 Å². The van der Waals surface area contributed by atoms with E-state index in [-0.39, 0.29) is 35.0 Å². The third kappa shape index (κ3) is 5.58. The lowest BCUT2D eigenvalue weighted by Gasteiger charge is -2.36. The number of carbonyl (C=O) groups is 1. The molecule has 43 heavy (non-hydrogen) atoms. The van der Waals surface area contributed by atoms with E-state index in [2.05, 4.69) is 63.2 Å². The first-order valence-electron chi connectivity index (χ1n) is 15.0. The smallest absolute Gasteiger partial charge is 0.174 e. The van der Waals surface area contributed by atoms with Crippen LogP contribution in [0.5, 0.6) is 17.2 Å². The Labute approximate surface area is 256 Å². The van der Waals surface area contributed by atoms with Crippen LogP contribution in [0.1, 0.15) is 40.4 Å². The maximum Gasteiger partial charge on any atom is 0.174 e. The van der Waals surface area contributed by atoms with Gasteiger partial charge in [-0.15, -0.1) is 0 Å². The lowest BCUT2D eigenvalue weighted by molar-refractivity contribution is 0.0843. The van der Waals surface area contributed by atoms with E-state index in [1.807, 2.05) is 42.1 Å². The minimum atomic E-state index is -0.433. The molecule has 3 aliphatic heterocycles. The van der Waals surface area contributed by atoms with Gasteiger partial charge in [-0.05, 0) is 42.8 Å². The topological polar surface area (TPSA) is 76.5 Å². The van der Waals surface area contributed by atoms with Crippen LogP contribution in [0.2, 0.25) is 0 Å². The highest BCUT2D eigenvalue weighted by atomic mass is 32.2. The van der Waals surface area contributed by atoms with Gasteiger partial charge in [0, 0.05) is 55.1 Å². The van der Waals surface area contributed by atoms with E-state index in [1.54, 1.807) is 0 Å². The highest BCUT2D eigenvalue weighted by Crippen LogP contribution is 2.48. The molecule has 0 spiro atoms. The van der Waals surface area contributed by atoms with E-state index in [0.717, 1.165) is 51.3 Å². The molecule has 1 atom stereocenters. The van der Waals surface area contributed by atoms with Crippen molar-refractivity contribution < 1.29 is 19.7 Å². The summed E-state index contributed by atoms with van der Waals surface area (Å²) >= 11 is 1.84. The van der Waals surface area contributed by atoms with Crippen LogP contribution in [0.4, 0.5) is 11.4 Å².